The topological polar surface area (TPSA) is 91.2 Å². The minimum atomic E-state index is -0.831. The highest BCUT2D eigenvalue weighted by molar-refractivity contribution is 7.99. The van der Waals surface area contributed by atoms with Crippen LogP contribution in [0.1, 0.15) is 41.3 Å². The predicted molar refractivity (Wildman–Crippen MR) is 131 cm³/mol. The van der Waals surface area contributed by atoms with Gasteiger partial charge in [0.25, 0.3) is 5.91 Å². The van der Waals surface area contributed by atoms with Gasteiger partial charge in [-0.3, -0.25) is 14.6 Å². The van der Waals surface area contributed by atoms with Gasteiger partial charge in [-0.1, -0.05) is 19.1 Å². The van der Waals surface area contributed by atoms with Gasteiger partial charge in [0.05, 0.1) is 12.6 Å². The molecular weight excluding hydrogens is 438 g/mol. The maximum atomic E-state index is 12.8. The van der Waals surface area contributed by atoms with Crippen molar-refractivity contribution < 1.29 is 19.4 Å². The lowest BCUT2D eigenvalue weighted by Gasteiger charge is -2.32. The minimum Gasteiger partial charge on any atom is -0.490 e. The molecular formula is C25H29N3O4S. The molecule has 2 unspecified atom stereocenters. The second kappa shape index (κ2) is 10.7. The van der Waals surface area contributed by atoms with Crippen LogP contribution in [0.2, 0.25) is 0 Å². The number of anilines is 1. The van der Waals surface area contributed by atoms with Crippen molar-refractivity contribution in [2.75, 3.05) is 29.9 Å². The van der Waals surface area contributed by atoms with Crippen molar-refractivity contribution in [1.82, 2.24) is 5.01 Å². The standard InChI is InChI=1S/C25H29N3O4S/c1-2-22-20(15-24(29)30)14-19-13-18(5-8-23(19)32-22)25(31)27-21-6-3-17(4-7-21)16-26-28-9-11-33-12-10-28/h3-8,13,16,20,22H,2,9-12,14-15H2,1H3,(H,27,31)(H,29,30). The number of thioether (sulfide) groups is 1. The zero-order valence-electron chi connectivity index (χ0n) is 18.7. The van der Waals surface area contributed by atoms with Crippen molar-refractivity contribution in [3.63, 3.8) is 0 Å². The predicted octanol–water partition coefficient (Wildman–Crippen LogP) is 4.13. The van der Waals surface area contributed by atoms with Crippen LogP contribution in [0.15, 0.2) is 47.6 Å². The molecule has 2 aromatic carbocycles. The number of hydrazone groups is 1. The molecule has 7 nitrogen and oxygen atoms in total. The van der Waals surface area contributed by atoms with Crippen LogP contribution < -0.4 is 10.1 Å². The number of carboxylic acid groups (broad SMARTS) is 1. The third kappa shape index (κ3) is 6.07. The lowest BCUT2D eigenvalue weighted by Crippen LogP contribution is -2.34. The number of nitrogens with zero attached hydrogens (tertiary/aromatic N) is 2. The molecule has 2 aliphatic heterocycles. The number of carbonyl (C=O) groups excluding carboxylic acids is 1. The van der Waals surface area contributed by atoms with E-state index in [4.69, 9.17) is 4.74 Å². The minimum absolute atomic E-state index is 0.0563. The Morgan fingerprint density at radius 3 is 2.67 bits per heavy atom. The lowest BCUT2D eigenvalue weighted by molar-refractivity contribution is -0.139. The molecule has 2 N–H and O–H groups in total. The highest BCUT2D eigenvalue weighted by atomic mass is 32.2. The maximum Gasteiger partial charge on any atom is 0.303 e. The fourth-order valence-corrected chi connectivity index (χ4v) is 5.07. The fraction of sp³-hybridized carbons (Fsp3) is 0.400. The highest BCUT2D eigenvalue weighted by Gasteiger charge is 2.31. The Morgan fingerprint density at radius 1 is 1.21 bits per heavy atom. The Labute approximate surface area is 198 Å². The Hall–Kier alpha value is -3.00. The van der Waals surface area contributed by atoms with Crippen LogP contribution >= 0.6 is 11.8 Å². The SMILES string of the molecule is CCC1Oc2ccc(C(=O)Nc3ccc(C=NN4CCSCC4)cc3)cc2CC1CC(=O)O. The average Bonchev–Trinajstić information content (AvgIpc) is 2.83. The van der Waals surface area contributed by atoms with Crippen LogP contribution in [0.4, 0.5) is 5.69 Å². The molecule has 33 heavy (non-hydrogen) atoms. The van der Waals surface area contributed by atoms with E-state index in [2.05, 4.69) is 15.4 Å². The first-order chi connectivity index (χ1) is 16.0. The number of nitrogens with one attached hydrogen (secondary N) is 1. The number of benzene rings is 2. The van der Waals surface area contributed by atoms with Gasteiger partial charge in [-0.15, -0.1) is 0 Å². The molecule has 1 fully saturated rings. The Bertz CT molecular complexity index is 1020. The second-order valence-corrected chi connectivity index (χ2v) is 9.56. The molecule has 174 valence electrons. The van der Waals surface area contributed by atoms with Crippen LogP contribution in [0.3, 0.4) is 0 Å². The summed E-state index contributed by atoms with van der Waals surface area (Å²) in [5.74, 6) is 1.81. The van der Waals surface area contributed by atoms with Crippen LogP contribution in [0, 0.1) is 5.92 Å². The summed E-state index contributed by atoms with van der Waals surface area (Å²) in [6.45, 7) is 3.94. The fourth-order valence-electron chi connectivity index (χ4n) is 4.19. The van der Waals surface area contributed by atoms with Crippen molar-refractivity contribution in [3.8, 4) is 5.75 Å². The zero-order valence-corrected chi connectivity index (χ0v) is 19.5. The molecule has 1 amide bonds. The summed E-state index contributed by atoms with van der Waals surface area (Å²) in [5.41, 5.74) is 3.08. The Morgan fingerprint density at radius 2 is 1.97 bits per heavy atom. The average molecular weight is 468 g/mol. The van der Waals surface area contributed by atoms with Gasteiger partial charge < -0.3 is 15.2 Å². The molecule has 4 rings (SSSR count). The van der Waals surface area contributed by atoms with E-state index in [1.165, 1.54) is 0 Å². The highest BCUT2D eigenvalue weighted by Crippen LogP contribution is 2.34. The normalized spacial score (nSPS) is 20.2. The molecule has 0 bridgehead atoms. The van der Waals surface area contributed by atoms with Gasteiger partial charge in [-0.25, -0.2) is 0 Å². The number of aliphatic carboxylic acids is 1. The molecule has 0 saturated carbocycles. The number of hydrogen-bond acceptors (Lipinski definition) is 6. The van der Waals surface area contributed by atoms with E-state index >= 15 is 0 Å². The molecule has 0 aromatic heterocycles. The molecule has 0 spiro atoms. The van der Waals surface area contributed by atoms with Gasteiger partial charge in [0.15, 0.2) is 0 Å². The van der Waals surface area contributed by atoms with Gasteiger partial charge in [0.2, 0.25) is 0 Å². The molecule has 0 aliphatic carbocycles. The van der Waals surface area contributed by atoms with Crippen LogP contribution in [-0.4, -0.2) is 58.9 Å². The van der Waals surface area contributed by atoms with Gasteiger partial charge >= 0.3 is 5.97 Å². The first-order valence-electron chi connectivity index (χ1n) is 11.3. The maximum absolute atomic E-state index is 12.8. The van der Waals surface area contributed by atoms with Gasteiger partial charge in [0.1, 0.15) is 11.9 Å². The van der Waals surface area contributed by atoms with Gasteiger partial charge in [0, 0.05) is 41.8 Å². The van der Waals surface area contributed by atoms with E-state index in [-0.39, 0.29) is 24.3 Å². The number of fused-ring (bicyclic) bond motifs is 1. The van der Waals surface area contributed by atoms with Crippen molar-refractivity contribution >= 4 is 35.5 Å². The monoisotopic (exact) mass is 467 g/mol. The third-order valence-electron chi connectivity index (χ3n) is 5.97. The quantitative estimate of drug-likeness (QED) is 0.595. The van der Waals surface area contributed by atoms with Crippen molar-refractivity contribution in [2.45, 2.75) is 32.3 Å². The van der Waals surface area contributed by atoms with E-state index in [0.29, 0.717) is 17.7 Å². The smallest absolute Gasteiger partial charge is 0.303 e. The van der Waals surface area contributed by atoms with E-state index in [9.17, 15) is 14.7 Å². The van der Waals surface area contributed by atoms with Crippen LogP contribution in [-0.2, 0) is 11.2 Å². The van der Waals surface area contributed by atoms with Crippen LogP contribution in [0.5, 0.6) is 5.75 Å². The molecule has 1 saturated heterocycles. The van der Waals surface area contributed by atoms with Crippen molar-refractivity contribution in [1.29, 1.82) is 0 Å². The van der Waals surface area contributed by atoms with E-state index in [1.807, 2.05) is 61.3 Å². The number of ether oxygens (including phenoxy) is 1. The number of rotatable bonds is 7. The summed E-state index contributed by atoms with van der Waals surface area (Å²) in [6, 6.07) is 12.9. The number of carbonyl (C=O) groups is 2. The number of amides is 1. The van der Waals surface area contributed by atoms with Gasteiger partial charge in [-0.2, -0.15) is 16.9 Å². The Kier molecular flexibility index (Phi) is 7.54. The summed E-state index contributed by atoms with van der Waals surface area (Å²) >= 11 is 1.95. The molecule has 2 heterocycles. The summed E-state index contributed by atoms with van der Waals surface area (Å²) < 4.78 is 6.02. The van der Waals surface area contributed by atoms with Crippen molar-refractivity contribution in [2.24, 2.45) is 11.0 Å². The summed E-state index contributed by atoms with van der Waals surface area (Å²) in [7, 11) is 0. The summed E-state index contributed by atoms with van der Waals surface area (Å²) in [5, 5.41) is 18.8. The number of carboxylic acids is 1. The Balaban J connectivity index is 1.39. The molecule has 2 aliphatic rings. The second-order valence-electron chi connectivity index (χ2n) is 8.34. The number of hydrogen-bond donors (Lipinski definition) is 2. The molecule has 2 aromatic rings. The summed E-state index contributed by atoms with van der Waals surface area (Å²) in [4.78, 5) is 24.0. The largest absolute Gasteiger partial charge is 0.490 e. The van der Waals surface area contributed by atoms with E-state index in [1.54, 1.807) is 6.07 Å². The first-order valence-corrected chi connectivity index (χ1v) is 12.5. The molecule has 0 radical (unpaired) electrons. The third-order valence-corrected chi connectivity index (χ3v) is 6.92. The van der Waals surface area contributed by atoms with Crippen molar-refractivity contribution in [3.05, 3.63) is 59.2 Å². The molecule has 2 atom stereocenters. The van der Waals surface area contributed by atoms with Gasteiger partial charge in [-0.05, 0) is 54.3 Å². The van der Waals surface area contributed by atoms with E-state index in [0.717, 1.165) is 47.9 Å². The summed E-state index contributed by atoms with van der Waals surface area (Å²) in [6.07, 6.45) is 3.12. The molecule has 8 heteroatoms. The zero-order chi connectivity index (χ0) is 23.2. The first kappa shape index (κ1) is 23.2. The lowest BCUT2D eigenvalue weighted by atomic mass is 9.86. The van der Waals surface area contributed by atoms with E-state index < -0.39 is 5.97 Å². The van der Waals surface area contributed by atoms with Crippen LogP contribution in [0.25, 0.3) is 0 Å².